The Bertz CT molecular complexity index is 1330. The van der Waals surface area contributed by atoms with Crippen molar-refractivity contribution in [3.05, 3.63) is 52.7 Å². The number of hydrogen-bond acceptors (Lipinski definition) is 8. The van der Waals surface area contributed by atoms with Crippen LogP contribution in [0, 0.1) is 0 Å². The predicted octanol–water partition coefficient (Wildman–Crippen LogP) is 7.63. The van der Waals surface area contributed by atoms with Crippen LogP contribution >= 0.6 is 0 Å². The second-order valence-corrected chi connectivity index (χ2v) is 9.91. The van der Waals surface area contributed by atoms with E-state index in [9.17, 15) is 14.4 Å². The Morgan fingerprint density at radius 1 is 0.732 bits per heavy atom. The van der Waals surface area contributed by atoms with E-state index in [4.69, 9.17) is 23.4 Å². The molecule has 0 unspecified atom stereocenters. The summed E-state index contributed by atoms with van der Waals surface area (Å²) in [4.78, 5) is 38.1. The second kappa shape index (κ2) is 17.1. The van der Waals surface area contributed by atoms with Crippen LogP contribution in [0.1, 0.15) is 85.0 Å². The topological polar surface area (TPSA) is 101 Å². The quantitative estimate of drug-likeness (QED) is 0.114. The maximum absolute atomic E-state index is 13.5. The molecule has 0 aliphatic rings. The van der Waals surface area contributed by atoms with Crippen LogP contribution < -0.4 is 19.6 Å². The van der Waals surface area contributed by atoms with Gasteiger partial charge in [0, 0.05) is 18.4 Å². The third-order valence-electron chi connectivity index (χ3n) is 6.46. The van der Waals surface area contributed by atoms with E-state index in [0.717, 1.165) is 38.5 Å². The summed E-state index contributed by atoms with van der Waals surface area (Å²) in [5.41, 5.74) is 0.469. The van der Waals surface area contributed by atoms with Crippen LogP contribution in [-0.2, 0) is 14.3 Å². The SMILES string of the molecule is CCCCOC(=O)CCCCC(=O)Oc1c(-c2ccc(OCCCC)c(OCCCC)c2)oc2ccccc2c1=O. The van der Waals surface area contributed by atoms with Crippen molar-refractivity contribution in [3.8, 4) is 28.6 Å². The third-order valence-corrected chi connectivity index (χ3v) is 6.46. The molecule has 0 spiro atoms. The van der Waals surface area contributed by atoms with Crippen molar-refractivity contribution in [2.45, 2.75) is 85.0 Å². The van der Waals surface area contributed by atoms with Gasteiger partial charge in [-0.1, -0.05) is 52.2 Å². The van der Waals surface area contributed by atoms with Gasteiger partial charge >= 0.3 is 11.9 Å². The molecule has 0 fully saturated rings. The molecule has 0 saturated heterocycles. The van der Waals surface area contributed by atoms with Crippen LogP contribution in [0.2, 0.25) is 0 Å². The largest absolute Gasteiger partial charge is 0.490 e. The lowest BCUT2D eigenvalue weighted by Gasteiger charge is -2.15. The van der Waals surface area contributed by atoms with Crippen molar-refractivity contribution in [2.75, 3.05) is 19.8 Å². The molecule has 0 aliphatic carbocycles. The first-order valence-corrected chi connectivity index (χ1v) is 14.8. The van der Waals surface area contributed by atoms with Crippen LogP contribution in [0.5, 0.6) is 17.2 Å². The van der Waals surface area contributed by atoms with E-state index in [1.807, 2.05) is 6.92 Å². The summed E-state index contributed by atoms with van der Waals surface area (Å²) in [6.45, 7) is 7.69. The maximum atomic E-state index is 13.5. The summed E-state index contributed by atoms with van der Waals surface area (Å²) in [5, 5.41) is 0.313. The van der Waals surface area contributed by atoms with Gasteiger partial charge in [0.25, 0.3) is 0 Å². The van der Waals surface area contributed by atoms with Gasteiger partial charge in [-0.05, 0) is 62.4 Å². The van der Waals surface area contributed by atoms with Crippen molar-refractivity contribution >= 4 is 22.9 Å². The van der Waals surface area contributed by atoms with Crippen molar-refractivity contribution in [1.82, 2.24) is 0 Å². The summed E-state index contributed by atoms with van der Waals surface area (Å²) in [6.07, 6.45) is 6.74. The number of carbonyl (C=O) groups excluding carboxylic acids is 2. The van der Waals surface area contributed by atoms with E-state index >= 15 is 0 Å². The molecule has 0 amide bonds. The summed E-state index contributed by atoms with van der Waals surface area (Å²) >= 11 is 0. The predicted molar refractivity (Wildman–Crippen MR) is 159 cm³/mol. The van der Waals surface area contributed by atoms with Gasteiger partial charge in [-0.15, -0.1) is 0 Å². The van der Waals surface area contributed by atoms with E-state index in [1.165, 1.54) is 0 Å². The smallest absolute Gasteiger partial charge is 0.311 e. The molecule has 2 aromatic carbocycles. The van der Waals surface area contributed by atoms with Gasteiger partial charge < -0.3 is 23.4 Å². The number of carbonyl (C=O) groups is 2. The standard InChI is InChI=1S/C33H42O8/c1-4-7-20-37-27-19-18-24(23-28(27)38-21-8-5-2)32-33(31(36)25-14-10-11-15-26(25)40-32)41-30(35)17-13-12-16-29(34)39-22-9-6-3/h10-11,14-15,18-19,23H,4-9,12-13,16-17,20-22H2,1-3H3. The minimum absolute atomic E-state index is 0.0452. The van der Waals surface area contributed by atoms with Gasteiger partial charge in [0.15, 0.2) is 17.3 Å². The van der Waals surface area contributed by atoms with Crippen molar-refractivity contribution < 1.29 is 33.0 Å². The number of unbranched alkanes of at least 4 members (excludes halogenated alkanes) is 4. The average Bonchev–Trinajstić information content (AvgIpc) is 2.98. The summed E-state index contributed by atoms with van der Waals surface area (Å²) in [7, 11) is 0. The third kappa shape index (κ3) is 9.66. The number of fused-ring (bicyclic) bond motifs is 1. The van der Waals surface area contributed by atoms with Crippen LogP contribution in [0.3, 0.4) is 0 Å². The Morgan fingerprint density at radius 2 is 1.37 bits per heavy atom. The Balaban J connectivity index is 1.84. The molecule has 3 rings (SSSR count). The van der Waals surface area contributed by atoms with Crippen molar-refractivity contribution in [2.24, 2.45) is 0 Å². The molecule has 0 atom stereocenters. The number of esters is 2. The van der Waals surface area contributed by atoms with Crippen molar-refractivity contribution in [1.29, 1.82) is 0 Å². The summed E-state index contributed by atoms with van der Waals surface area (Å²) in [5.74, 6) is 0.253. The number of hydrogen-bond donors (Lipinski definition) is 0. The van der Waals surface area contributed by atoms with E-state index in [-0.39, 0.29) is 30.3 Å². The Labute approximate surface area is 241 Å². The van der Waals surface area contributed by atoms with Crippen LogP contribution in [0.15, 0.2) is 51.7 Å². The average molecular weight is 567 g/mol. The first-order chi connectivity index (χ1) is 20.0. The number of benzene rings is 2. The molecule has 1 aromatic heterocycles. The van der Waals surface area contributed by atoms with Crippen LogP contribution in [-0.4, -0.2) is 31.8 Å². The first kappa shape index (κ1) is 31.7. The van der Waals surface area contributed by atoms with Gasteiger partial charge in [0.05, 0.1) is 25.2 Å². The molecule has 0 aliphatic heterocycles. The van der Waals surface area contributed by atoms with E-state index in [0.29, 0.717) is 60.7 Å². The fourth-order valence-corrected chi connectivity index (χ4v) is 4.05. The lowest BCUT2D eigenvalue weighted by Crippen LogP contribution is -2.16. The monoisotopic (exact) mass is 566 g/mol. The fourth-order valence-electron chi connectivity index (χ4n) is 4.05. The Kier molecular flexibility index (Phi) is 13.2. The highest BCUT2D eigenvalue weighted by Crippen LogP contribution is 2.37. The van der Waals surface area contributed by atoms with Gasteiger partial charge in [-0.25, -0.2) is 0 Å². The highest BCUT2D eigenvalue weighted by Gasteiger charge is 2.22. The van der Waals surface area contributed by atoms with Gasteiger partial charge in [-0.3, -0.25) is 14.4 Å². The zero-order valence-corrected chi connectivity index (χ0v) is 24.5. The minimum Gasteiger partial charge on any atom is -0.490 e. The highest BCUT2D eigenvalue weighted by atomic mass is 16.5. The zero-order chi connectivity index (χ0) is 29.5. The van der Waals surface area contributed by atoms with Gasteiger partial charge in [0.1, 0.15) is 5.58 Å². The van der Waals surface area contributed by atoms with E-state index in [2.05, 4.69) is 13.8 Å². The summed E-state index contributed by atoms with van der Waals surface area (Å²) < 4.78 is 28.9. The first-order valence-electron chi connectivity index (χ1n) is 14.8. The maximum Gasteiger partial charge on any atom is 0.311 e. The lowest BCUT2D eigenvalue weighted by molar-refractivity contribution is -0.144. The second-order valence-electron chi connectivity index (χ2n) is 9.91. The molecule has 8 heteroatoms. The molecule has 0 N–H and O–H groups in total. The molecule has 41 heavy (non-hydrogen) atoms. The molecule has 1 heterocycles. The highest BCUT2D eigenvalue weighted by molar-refractivity contribution is 5.84. The lowest BCUT2D eigenvalue weighted by atomic mass is 10.1. The normalized spacial score (nSPS) is 10.9. The number of para-hydroxylation sites is 1. The van der Waals surface area contributed by atoms with Crippen LogP contribution in [0.25, 0.3) is 22.3 Å². The summed E-state index contributed by atoms with van der Waals surface area (Å²) in [6, 6.07) is 12.1. The Morgan fingerprint density at radius 3 is 2.07 bits per heavy atom. The van der Waals surface area contributed by atoms with Crippen LogP contribution in [0.4, 0.5) is 0 Å². The van der Waals surface area contributed by atoms with E-state index < -0.39 is 11.4 Å². The van der Waals surface area contributed by atoms with E-state index in [1.54, 1.807) is 42.5 Å². The molecular weight excluding hydrogens is 524 g/mol. The molecule has 0 bridgehead atoms. The molecule has 8 nitrogen and oxygen atoms in total. The number of ether oxygens (including phenoxy) is 4. The molecule has 222 valence electrons. The molecule has 0 radical (unpaired) electrons. The minimum atomic E-state index is -0.577. The molecule has 3 aromatic rings. The zero-order valence-electron chi connectivity index (χ0n) is 24.5. The molecule has 0 saturated carbocycles. The van der Waals surface area contributed by atoms with Gasteiger partial charge in [-0.2, -0.15) is 0 Å². The van der Waals surface area contributed by atoms with Gasteiger partial charge in [0.2, 0.25) is 11.2 Å². The molecular formula is C33H42O8. The Hall–Kier alpha value is -3.81. The van der Waals surface area contributed by atoms with Crippen molar-refractivity contribution in [3.63, 3.8) is 0 Å². The number of rotatable bonds is 18. The fraction of sp³-hybridized carbons (Fsp3) is 0.485.